The highest BCUT2D eigenvalue weighted by molar-refractivity contribution is 5.78. The van der Waals surface area contributed by atoms with E-state index in [1.54, 1.807) is 0 Å². The Balaban J connectivity index is 3.81. The van der Waals surface area contributed by atoms with E-state index in [0.29, 0.717) is 0 Å². The molecule has 4 N–H and O–H groups in total. The molecule has 104 valence electrons. The lowest BCUT2D eigenvalue weighted by Crippen LogP contribution is -2.40. The molecule has 0 radical (unpaired) electrons. The number of hydrogen-bond acceptors (Lipinski definition) is 4. The lowest BCUT2D eigenvalue weighted by atomic mass is 10.2. The van der Waals surface area contributed by atoms with Gasteiger partial charge in [-0.2, -0.15) is 0 Å². The summed E-state index contributed by atoms with van der Waals surface area (Å²) in [6, 6.07) is -0.420. The molecule has 0 saturated carbocycles. The molecule has 0 fully saturated rings. The van der Waals surface area contributed by atoms with Crippen LogP contribution in [0.3, 0.4) is 0 Å². The first-order valence-electron chi connectivity index (χ1n) is 5.49. The summed E-state index contributed by atoms with van der Waals surface area (Å²) in [7, 11) is 3.03. The third-order valence-corrected chi connectivity index (χ3v) is 2.28. The summed E-state index contributed by atoms with van der Waals surface area (Å²) in [5.74, 6) is -1.49. The topological polar surface area (TPSA) is 119 Å². The molecule has 0 spiro atoms. The maximum absolute atomic E-state index is 11.4. The average molecular weight is 261 g/mol. The Morgan fingerprint density at radius 1 is 1.33 bits per heavy atom. The van der Waals surface area contributed by atoms with Crippen LogP contribution in [0.2, 0.25) is 0 Å². The van der Waals surface area contributed by atoms with Crippen molar-refractivity contribution in [3.8, 4) is 0 Å². The van der Waals surface area contributed by atoms with Crippen LogP contribution in [0, 0.1) is 0 Å². The zero-order valence-electron chi connectivity index (χ0n) is 10.5. The molecule has 0 heterocycles. The number of urea groups is 1. The Bertz CT molecular complexity index is 308. The first-order chi connectivity index (χ1) is 8.38. The van der Waals surface area contributed by atoms with E-state index >= 15 is 0 Å². The predicted octanol–water partition coefficient (Wildman–Crippen LogP) is -1.40. The first-order valence-corrected chi connectivity index (χ1v) is 5.49. The second kappa shape index (κ2) is 8.29. The number of rotatable bonds is 7. The van der Waals surface area contributed by atoms with Gasteiger partial charge in [0.15, 0.2) is 6.10 Å². The Kier molecular flexibility index (Phi) is 7.45. The Morgan fingerprint density at radius 3 is 2.44 bits per heavy atom. The number of carboxylic acids is 1. The Hall–Kier alpha value is -1.83. The van der Waals surface area contributed by atoms with Gasteiger partial charge < -0.3 is 25.7 Å². The fraction of sp³-hybridized carbons (Fsp3) is 0.700. The number of aliphatic carboxylic acids is 1. The summed E-state index contributed by atoms with van der Waals surface area (Å²) in [4.78, 5) is 34.0. The maximum atomic E-state index is 11.4. The van der Waals surface area contributed by atoms with Gasteiger partial charge in [0.1, 0.15) is 0 Å². The molecule has 0 aromatic heterocycles. The van der Waals surface area contributed by atoms with Crippen molar-refractivity contribution in [2.45, 2.75) is 18.9 Å². The van der Waals surface area contributed by atoms with Crippen molar-refractivity contribution in [2.75, 3.05) is 27.2 Å². The summed E-state index contributed by atoms with van der Waals surface area (Å²) in [5, 5.41) is 22.3. The molecule has 1 unspecified atom stereocenters. The summed E-state index contributed by atoms with van der Waals surface area (Å²) < 4.78 is 0. The number of hydrogen-bond donors (Lipinski definition) is 4. The monoisotopic (exact) mass is 261 g/mol. The minimum atomic E-state index is -1.48. The van der Waals surface area contributed by atoms with Gasteiger partial charge in [-0.25, -0.2) is 9.59 Å². The zero-order chi connectivity index (χ0) is 14.1. The van der Waals surface area contributed by atoms with Gasteiger partial charge in [-0.1, -0.05) is 0 Å². The molecule has 1 atom stereocenters. The molecule has 0 aliphatic heterocycles. The van der Waals surface area contributed by atoms with Crippen molar-refractivity contribution in [3.63, 3.8) is 0 Å². The van der Waals surface area contributed by atoms with E-state index in [1.165, 1.54) is 19.0 Å². The number of carbonyl (C=O) groups excluding carboxylic acids is 2. The van der Waals surface area contributed by atoms with Crippen LogP contribution in [-0.2, 0) is 9.59 Å². The molecule has 0 aliphatic rings. The molecule has 8 nitrogen and oxygen atoms in total. The van der Waals surface area contributed by atoms with Crippen molar-refractivity contribution in [3.05, 3.63) is 0 Å². The van der Waals surface area contributed by atoms with Gasteiger partial charge in [0.25, 0.3) is 0 Å². The highest BCUT2D eigenvalue weighted by atomic mass is 16.4. The van der Waals surface area contributed by atoms with Gasteiger partial charge in [-0.15, -0.1) is 0 Å². The molecule has 0 aliphatic carbocycles. The third kappa shape index (κ3) is 6.69. The maximum Gasteiger partial charge on any atom is 0.332 e. The number of aliphatic hydroxyl groups is 1. The van der Waals surface area contributed by atoms with Gasteiger partial charge in [-0.05, 0) is 0 Å². The Morgan fingerprint density at radius 2 is 1.94 bits per heavy atom. The van der Waals surface area contributed by atoms with E-state index in [1.807, 2.05) is 0 Å². The minimum absolute atomic E-state index is 0.0522. The van der Waals surface area contributed by atoms with Gasteiger partial charge in [0, 0.05) is 40.0 Å². The van der Waals surface area contributed by atoms with Crippen molar-refractivity contribution >= 4 is 17.9 Å². The van der Waals surface area contributed by atoms with Crippen LogP contribution in [0.4, 0.5) is 4.79 Å². The SMILES string of the molecule is CNC(=O)CCN(C)C(=O)NCCC(O)C(=O)O. The normalized spacial score (nSPS) is 11.5. The van der Waals surface area contributed by atoms with E-state index in [2.05, 4.69) is 10.6 Å². The molecule has 8 heteroatoms. The number of nitrogens with one attached hydrogen (secondary N) is 2. The van der Waals surface area contributed by atoms with Crippen LogP contribution in [0.25, 0.3) is 0 Å². The lowest BCUT2D eigenvalue weighted by Gasteiger charge is -2.17. The summed E-state index contributed by atoms with van der Waals surface area (Å²) in [5.41, 5.74) is 0. The summed E-state index contributed by atoms with van der Waals surface area (Å²) in [6.45, 7) is 0.309. The number of amides is 3. The predicted molar refractivity (Wildman–Crippen MR) is 63.0 cm³/mol. The minimum Gasteiger partial charge on any atom is -0.479 e. The van der Waals surface area contributed by atoms with E-state index in [9.17, 15) is 14.4 Å². The fourth-order valence-corrected chi connectivity index (χ4v) is 1.07. The van der Waals surface area contributed by atoms with E-state index in [-0.39, 0.29) is 31.8 Å². The molecule has 0 aromatic carbocycles. The van der Waals surface area contributed by atoms with Gasteiger partial charge >= 0.3 is 12.0 Å². The largest absolute Gasteiger partial charge is 0.479 e. The number of nitrogens with zero attached hydrogens (tertiary/aromatic N) is 1. The van der Waals surface area contributed by atoms with Gasteiger partial charge in [0.05, 0.1) is 0 Å². The molecule has 18 heavy (non-hydrogen) atoms. The van der Waals surface area contributed by atoms with E-state index in [4.69, 9.17) is 10.2 Å². The number of carbonyl (C=O) groups is 3. The quantitative estimate of drug-likeness (QED) is 0.449. The van der Waals surface area contributed by atoms with Gasteiger partial charge in [-0.3, -0.25) is 4.79 Å². The summed E-state index contributed by atoms with van der Waals surface area (Å²) >= 11 is 0. The third-order valence-electron chi connectivity index (χ3n) is 2.28. The fourth-order valence-electron chi connectivity index (χ4n) is 1.07. The second-order valence-electron chi connectivity index (χ2n) is 3.72. The van der Waals surface area contributed by atoms with Crippen LogP contribution in [0.15, 0.2) is 0 Å². The van der Waals surface area contributed by atoms with Crippen LogP contribution in [0.5, 0.6) is 0 Å². The molecule has 0 saturated heterocycles. The Labute approximate surface area is 105 Å². The molecule has 0 bridgehead atoms. The number of carboxylic acid groups (broad SMARTS) is 1. The smallest absolute Gasteiger partial charge is 0.332 e. The van der Waals surface area contributed by atoms with Crippen molar-refractivity contribution < 1.29 is 24.6 Å². The molecule has 0 rings (SSSR count). The highest BCUT2D eigenvalue weighted by Gasteiger charge is 2.14. The van der Waals surface area contributed by atoms with Gasteiger partial charge in [0.2, 0.25) is 5.91 Å². The second-order valence-corrected chi connectivity index (χ2v) is 3.72. The molecule has 0 aromatic rings. The van der Waals surface area contributed by atoms with Crippen molar-refractivity contribution in [1.29, 1.82) is 0 Å². The standard InChI is InChI=1S/C10H19N3O5/c1-11-8(15)4-6-13(2)10(18)12-5-3-7(14)9(16)17/h7,14H,3-6H2,1-2H3,(H,11,15)(H,12,18)(H,16,17). The van der Waals surface area contributed by atoms with E-state index in [0.717, 1.165) is 0 Å². The zero-order valence-corrected chi connectivity index (χ0v) is 10.5. The van der Waals surface area contributed by atoms with Crippen LogP contribution >= 0.6 is 0 Å². The summed E-state index contributed by atoms with van der Waals surface area (Å²) in [6.07, 6.45) is -1.36. The van der Waals surface area contributed by atoms with Crippen LogP contribution in [0.1, 0.15) is 12.8 Å². The first kappa shape index (κ1) is 16.2. The molecular formula is C10H19N3O5. The van der Waals surface area contributed by atoms with Crippen LogP contribution < -0.4 is 10.6 Å². The number of aliphatic hydroxyl groups excluding tert-OH is 1. The van der Waals surface area contributed by atoms with E-state index < -0.39 is 18.1 Å². The molecule has 3 amide bonds. The highest BCUT2D eigenvalue weighted by Crippen LogP contribution is 1.92. The lowest BCUT2D eigenvalue weighted by molar-refractivity contribution is -0.146. The van der Waals surface area contributed by atoms with Crippen molar-refractivity contribution in [2.24, 2.45) is 0 Å². The van der Waals surface area contributed by atoms with Crippen LogP contribution in [-0.4, -0.2) is 66.3 Å². The van der Waals surface area contributed by atoms with Crippen molar-refractivity contribution in [1.82, 2.24) is 15.5 Å². The average Bonchev–Trinajstić information content (AvgIpc) is 2.34. The molecular weight excluding hydrogens is 242 g/mol.